The third-order valence-corrected chi connectivity index (χ3v) is 3.46. The minimum Gasteiger partial charge on any atom is -0.394 e. The molecule has 0 fully saturated rings. The summed E-state index contributed by atoms with van der Waals surface area (Å²) >= 11 is 0. The number of fused-ring (bicyclic) bond motifs is 1. The zero-order valence-electron chi connectivity index (χ0n) is 11.7. The van der Waals surface area contributed by atoms with E-state index in [1.165, 1.54) is 0 Å². The lowest BCUT2D eigenvalue weighted by molar-refractivity contribution is 0.137. The maximum atomic E-state index is 10.3. The molecule has 19 heavy (non-hydrogen) atoms. The van der Waals surface area contributed by atoms with E-state index in [1.54, 1.807) is 0 Å². The second-order valence-electron chi connectivity index (χ2n) is 5.65. The molecule has 0 aliphatic heterocycles. The van der Waals surface area contributed by atoms with Crippen LogP contribution in [0.2, 0.25) is 0 Å². The number of rotatable bonds is 5. The van der Waals surface area contributed by atoms with E-state index >= 15 is 0 Å². The molecule has 0 saturated carbocycles. The van der Waals surface area contributed by atoms with E-state index in [4.69, 9.17) is 0 Å². The molecular weight excluding hydrogens is 240 g/mol. The topological polar surface area (TPSA) is 57.4 Å². The fourth-order valence-electron chi connectivity index (χ4n) is 2.18. The fourth-order valence-corrected chi connectivity index (χ4v) is 2.18. The molecule has 1 aromatic carbocycles. The highest BCUT2D eigenvalue weighted by Crippen LogP contribution is 2.25. The Kier molecular flexibility index (Phi) is 3.94. The number of aliphatic hydroxyl groups excluding tert-OH is 2. The molecule has 4 heteroatoms. The second kappa shape index (κ2) is 5.33. The summed E-state index contributed by atoms with van der Waals surface area (Å²) in [5.74, 6) is 0. The van der Waals surface area contributed by atoms with Crippen molar-refractivity contribution < 1.29 is 10.2 Å². The fraction of sp³-hybridized carbons (Fsp3) is 0.467. The second-order valence-corrected chi connectivity index (χ2v) is 5.65. The Morgan fingerprint density at radius 1 is 1.32 bits per heavy atom. The summed E-state index contributed by atoms with van der Waals surface area (Å²) in [6, 6.07) is 8.02. The first-order valence-corrected chi connectivity index (χ1v) is 6.52. The summed E-state index contributed by atoms with van der Waals surface area (Å²) in [6.45, 7) is 4.27. The van der Waals surface area contributed by atoms with E-state index in [2.05, 4.69) is 5.32 Å². The van der Waals surface area contributed by atoms with Crippen LogP contribution in [0, 0.1) is 0 Å². The summed E-state index contributed by atoms with van der Waals surface area (Å²) in [6.07, 6.45) is 1.38. The number of nitrogens with zero attached hydrogens (tertiary/aromatic N) is 1. The number of aryl methyl sites for hydroxylation is 1. The van der Waals surface area contributed by atoms with E-state index in [0.717, 1.165) is 16.5 Å². The molecular formula is C15H22N2O2. The molecule has 0 saturated heterocycles. The lowest BCUT2D eigenvalue weighted by Gasteiger charge is -2.25. The molecule has 0 aliphatic carbocycles. The molecule has 1 atom stereocenters. The van der Waals surface area contributed by atoms with Crippen molar-refractivity contribution in [1.29, 1.82) is 0 Å². The third kappa shape index (κ3) is 2.97. The van der Waals surface area contributed by atoms with Crippen LogP contribution in [0.4, 0.5) is 0 Å². The highest BCUT2D eigenvalue weighted by Gasteiger charge is 2.19. The Hall–Kier alpha value is -1.36. The van der Waals surface area contributed by atoms with Gasteiger partial charge in [-0.15, -0.1) is 0 Å². The molecule has 0 radical (unpaired) electrons. The van der Waals surface area contributed by atoms with Gasteiger partial charge in [-0.05, 0) is 19.9 Å². The van der Waals surface area contributed by atoms with Crippen LogP contribution in [-0.4, -0.2) is 33.5 Å². The Morgan fingerprint density at radius 2 is 2.00 bits per heavy atom. The van der Waals surface area contributed by atoms with Crippen LogP contribution in [0.25, 0.3) is 10.9 Å². The minimum atomic E-state index is -0.586. The van der Waals surface area contributed by atoms with E-state index in [1.807, 2.05) is 55.9 Å². The molecule has 1 heterocycles. The predicted molar refractivity (Wildman–Crippen MR) is 77.0 cm³/mol. The molecule has 0 bridgehead atoms. The molecule has 104 valence electrons. The van der Waals surface area contributed by atoms with Gasteiger partial charge in [0.05, 0.1) is 12.7 Å². The highest BCUT2D eigenvalue weighted by molar-refractivity contribution is 5.84. The molecule has 1 aromatic heterocycles. The Labute approximate surface area is 113 Å². The normalized spacial score (nSPS) is 13.9. The van der Waals surface area contributed by atoms with Crippen molar-refractivity contribution in [2.75, 3.05) is 13.2 Å². The quantitative estimate of drug-likeness (QED) is 0.766. The van der Waals surface area contributed by atoms with Crippen molar-refractivity contribution in [2.45, 2.75) is 25.5 Å². The van der Waals surface area contributed by atoms with Gasteiger partial charge >= 0.3 is 0 Å². The van der Waals surface area contributed by atoms with Crippen molar-refractivity contribution in [3.8, 4) is 0 Å². The summed E-state index contributed by atoms with van der Waals surface area (Å²) in [7, 11) is 1.98. The zero-order chi connectivity index (χ0) is 14.0. The SMILES string of the molecule is Cn1cc(C(O)CNC(C)(C)CO)c2ccccc21. The molecule has 0 aliphatic rings. The van der Waals surface area contributed by atoms with Crippen molar-refractivity contribution in [3.05, 3.63) is 36.0 Å². The molecule has 3 N–H and O–H groups in total. The average molecular weight is 262 g/mol. The smallest absolute Gasteiger partial charge is 0.0935 e. The van der Waals surface area contributed by atoms with E-state index in [9.17, 15) is 10.2 Å². The largest absolute Gasteiger partial charge is 0.394 e. The van der Waals surface area contributed by atoms with Gasteiger partial charge in [-0.2, -0.15) is 0 Å². The van der Waals surface area contributed by atoms with Crippen LogP contribution in [0.15, 0.2) is 30.5 Å². The Balaban J connectivity index is 2.20. The molecule has 0 spiro atoms. The van der Waals surface area contributed by atoms with E-state index in [-0.39, 0.29) is 12.1 Å². The standard InChI is InChI=1S/C15H22N2O2/c1-15(2,10-18)16-8-14(19)12-9-17(3)13-7-5-4-6-11(12)13/h4-7,9,14,16,18-19H,8,10H2,1-3H3. The minimum absolute atomic E-state index is 0.0370. The van der Waals surface area contributed by atoms with Gasteiger partial charge in [0.25, 0.3) is 0 Å². The number of β-amino-alcohol motifs (C(OH)–C–C–N with tert-alkyl or cyclic N) is 1. The Morgan fingerprint density at radius 3 is 2.68 bits per heavy atom. The lowest BCUT2D eigenvalue weighted by atomic mass is 10.0. The molecule has 1 unspecified atom stereocenters. The van der Waals surface area contributed by atoms with Crippen molar-refractivity contribution in [2.24, 2.45) is 7.05 Å². The number of benzene rings is 1. The van der Waals surface area contributed by atoms with Crippen molar-refractivity contribution in [1.82, 2.24) is 9.88 Å². The zero-order valence-corrected chi connectivity index (χ0v) is 11.7. The number of hydrogen-bond acceptors (Lipinski definition) is 3. The summed E-state index contributed by atoms with van der Waals surface area (Å²) in [4.78, 5) is 0. The molecule has 2 aromatic rings. The van der Waals surface area contributed by atoms with Gasteiger partial charge in [0.2, 0.25) is 0 Å². The summed E-state index contributed by atoms with van der Waals surface area (Å²) < 4.78 is 2.02. The van der Waals surface area contributed by atoms with Gasteiger partial charge < -0.3 is 20.1 Å². The first-order valence-electron chi connectivity index (χ1n) is 6.52. The number of aromatic nitrogens is 1. The first-order chi connectivity index (χ1) is 8.94. The number of nitrogens with one attached hydrogen (secondary N) is 1. The maximum absolute atomic E-state index is 10.3. The summed E-state index contributed by atoms with van der Waals surface area (Å²) in [5, 5.41) is 23.8. The van der Waals surface area contributed by atoms with Gasteiger partial charge in [0, 0.05) is 41.8 Å². The van der Waals surface area contributed by atoms with Crippen LogP contribution in [0.3, 0.4) is 0 Å². The number of para-hydroxylation sites is 1. The predicted octanol–water partition coefficient (Wildman–Crippen LogP) is 1.57. The van der Waals surface area contributed by atoms with Crippen LogP contribution >= 0.6 is 0 Å². The van der Waals surface area contributed by atoms with Gasteiger partial charge in [-0.25, -0.2) is 0 Å². The molecule has 2 rings (SSSR count). The third-order valence-electron chi connectivity index (χ3n) is 3.46. The van der Waals surface area contributed by atoms with Crippen LogP contribution in [0.5, 0.6) is 0 Å². The summed E-state index contributed by atoms with van der Waals surface area (Å²) in [5.41, 5.74) is 1.64. The van der Waals surface area contributed by atoms with Gasteiger partial charge in [0.15, 0.2) is 0 Å². The number of aliphatic hydroxyl groups is 2. The van der Waals surface area contributed by atoms with E-state index < -0.39 is 6.10 Å². The highest BCUT2D eigenvalue weighted by atomic mass is 16.3. The van der Waals surface area contributed by atoms with Crippen LogP contribution in [0.1, 0.15) is 25.5 Å². The lowest BCUT2D eigenvalue weighted by Crippen LogP contribution is -2.44. The molecule has 4 nitrogen and oxygen atoms in total. The van der Waals surface area contributed by atoms with E-state index in [0.29, 0.717) is 6.54 Å². The molecule has 0 amide bonds. The first kappa shape index (κ1) is 14.1. The van der Waals surface area contributed by atoms with Gasteiger partial charge in [-0.1, -0.05) is 18.2 Å². The van der Waals surface area contributed by atoms with Crippen molar-refractivity contribution in [3.63, 3.8) is 0 Å². The van der Waals surface area contributed by atoms with Gasteiger partial charge in [0.1, 0.15) is 0 Å². The van der Waals surface area contributed by atoms with Crippen LogP contribution in [-0.2, 0) is 7.05 Å². The number of hydrogen-bond donors (Lipinski definition) is 3. The van der Waals surface area contributed by atoms with Gasteiger partial charge in [-0.3, -0.25) is 0 Å². The average Bonchev–Trinajstić information content (AvgIpc) is 2.74. The van der Waals surface area contributed by atoms with Crippen molar-refractivity contribution >= 4 is 10.9 Å². The maximum Gasteiger partial charge on any atom is 0.0935 e. The Bertz CT molecular complexity index is 560. The van der Waals surface area contributed by atoms with Crippen LogP contribution < -0.4 is 5.32 Å². The monoisotopic (exact) mass is 262 g/mol.